The van der Waals surface area contributed by atoms with Crippen LogP contribution >= 0.6 is 0 Å². The van der Waals surface area contributed by atoms with Gasteiger partial charge in [0.1, 0.15) is 5.75 Å². The number of allylic oxidation sites excluding steroid dienone is 1. The molecule has 27 heavy (non-hydrogen) atoms. The van der Waals surface area contributed by atoms with Crippen LogP contribution in [0.3, 0.4) is 0 Å². The summed E-state index contributed by atoms with van der Waals surface area (Å²) in [6, 6.07) is 11.3. The molecular weight excluding hydrogens is 344 g/mol. The van der Waals surface area contributed by atoms with Crippen LogP contribution in [0.4, 0.5) is 11.4 Å². The first-order valence-corrected chi connectivity index (χ1v) is 8.92. The van der Waals surface area contributed by atoms with Gasteiger partial charge in [0, 0.05) is 23.0 Å². The van der Waals surface area contributed by atoms with Crippen molar-refractivity contribution < 1.29 is 19.0 Å². The number of rotatable bonds is 7. The number of amides is 1. The average molecular weight is 368 g/mol. The van der Waals surface area contributed by atoms with E-state index >= 15 is 0 Å². The van der Waals surface area contributed by atoms with E-state index in [0.717, 1.165) is 22.7 Å². The Kier molecular flexibility index (Phi) is 5.54. The lowest BCUT2D eigenvalue weighted by molar-refractivity contribution is -0.110. The maximum Gasteiger partial charge on any atom is 0.258 e. The van der Waals surface area contributed by atoms with Crippen LogP contribution in [0.25, 0.3) is 5.57 Å². The number of fused-ring (bicyclic) bond motifs is 1. The first kappa shape index (κ1) is 18.6. The van der Waals surface area contributed by atoms with Crippen molar-refractivity contribution in [2.24, 2.45) is 0 Å². The van der Waals surface area contributed by atoms with E-state index in [2.05, 4.69) is 10.6 Å². The summed E-state index contributed by atoms with van der Waals surface area (Å²) in [7, 11) is 3.15. The Labute approximate surface area is 159 Å². The Hall–Kier alpha value is -3.15. The maximum absolute atomic E-state index is 12.6. The van der Waals surface area contributed by atoms with Gasteiger partial charge in [-0.05, 0) is 43.7 Å². The Morgan fingerprint density at radius 1 is 1.04 bits per heavy atom. The summed E-state index contributed by atoms with van der Waals surface area (Å²) < 4.78 is 16.2. The zero-order valence-corrected chi connectivity index (χ0v) is 16.0. The quantitative estimate of drug-likeness (QED) is 0.714. The second-order valence-electron chi connectivity index (χ2n) is 6.00. The van der Waals surface area contributed by atoms with Crippen molar-refractivity contribution in [3.05, 3.63) is 47.7 Å². The van der Waals surface area contributed by atoms with Gasteiger partial charge >= 0.3 is 0 Å². The van der Waals surface area contributed by atoms with Gasteiger partial charge < -0.3 is 24.8 Å². The number of nitrogens with one attached hydrogen (secondary N) is 2. The molecule has 0 bridgehead atoms. The smallest absolute Gasteiger partial charge is 0.258 e. The van der Waals surface area contributed by atoms with Crippen molar-refractivity contribution in [2.75, 3.05) is 31.5 Å². The van der Waals surface area contributed by atoms with Crippen LogP contribution in [-0.2, 0) is 4.79 Å². The molecule has 6 nitrogen and oxygen atoms in total. The highest BCUT2D eigenvalue weighted by molar-refractivity contribution is 6.32. The number of methoxy groups -OCH3 is 2. The van der Waals surface area contributed by atoms with E-state index in [-0.39, 0.29) is 5.91 Å². The molecule has 1 aliphatic rings. The van der Waals surface area contributed by atoms with Gasteiger partial charge in [-0.25, -0.2) is 0 Å². The van der Waals surface area contributed by atoms with Crippen LogP contribution in [-0.4, -0.2) is 26.7 Å². The van der Waals surface area contributed by atoms with Crippen molar-refractivity contribution in [3.8, 4) is 17.2 Å². The molecule has 0 radical (unpaired) electrons. The Morgan fingerprint density at radius 3 is 2.30 bits per heavy atom. The SMILES string of the molecule is CCOc1ccc(NC(CC)=C2C(=O)Nc3cc(OC)c(OC)cc32)cc1. The topological polar surface area (TPSA) is 68.8 Å². The van der Waals surface area contributed by atoms with Crippen molar-refractivity contribution in [1.82, 2.24) is 0 Å². The second-order valence-corrected chi connectivity index (χ2v) is 6.00. The first-order valence-electron chi connectivity index (χ1n) is 8.92. The fourth-order valence-corrected chi connectivity index (χ4v) is 3.10. The molecular formula is C21H24N2O4. The highest BCUT2D eigenvalue weighted by Crippen LogP contribution is 2.42. The third-order valence-corrected chi connectivity index (χ3v) is 4.38. The monoisotopic (exact) mass is 368 g/mol. The van der Waals surface area contributed by atoms with Crippen LogP contribution in [0, 0.1) is 0 Å². The lowest BCUT2D eigenvalue weighted by Gasteiger charge is -2.14. The second kappa shape index (κ2) is 8.03. The predicted molar refractivity (Wildman–Crippen MR) is 107 cm³/mol. The molecule has 2 aromatic carbocycles. The number of ether oxygens (including phenoxy) is 3. The third kappa shape index (κ3) is 3.69. The van der Waals surface area contributed by atoms with Crippen molar-refractivity contribution in [1.29, 1.82) is 0 Å². The largest absolute Gasteiger partial charge is 0.494 e. The van der Waals surface area contributed by atoms with E-state index in [4.69, 9.17) is 14.2 Å². The minimum Gasteiger partial charge on any atom is -0.494 e. The van der Waals surface area contributed by atoms with E-state index in [9.17, 15) is 4.79 Å². The molecule has 1 amide bonds. The molecule has 6 heteroatoms. The van der Waals surface area contributed by atoms with Gasteiger partial charge in [0.05, 0.1) is 32.1 Å². The van der Waals surface area contributed by atoms with Crippen molar-refractivity contribution in [3.63, 3.8) is 0 Å². The Bertz CT molecular complexity index is 872. The molecule has 0 aliphatic carbocycles. The van der Waals surface area contributed by atoms with Crippen LogP contribution in [0.15, 0.2) is 42.1 Å². The summed E-state index contributed by atoms with van der Waals surface area (Å²) in [6.07, 6.45) is 0.670. The number of hydrogen-bond acceptors (Lipinski definition) is 5. The number of benzene rings is 2. The van der Waals surface area contributed by atoms with E-state index in [1.165, 1.54) is 0 Å². The van der Waals surface area contributed by atoms with E-state index in [1.54, 1.807) is 20.3 Å². The fourth-order valence-electron chi connectivity index (χ4n) is 3.10. The molecule has 0 saturated heterocycles. The van der Waals surface area contributed by atoms with E-state index in [1.807, 2.05) is 44.2 Å². The summed E-state index contributed by atoms with van der Waals surface area (Å²) >= 11 is 0. The molecule has 3 rings (SSSR count). The molecule has 0 spiro atoms. The maximum atomic E-state index is 12.6. The minimum atomic E-state index is -0.143. The summed E-state index contributed by atoms with van der Waals surface area (Å²) in [5.74, 6) is 1.84. The van der Waals surface area contributed by atoms with Gasteiger partial charge in [0.2, 0.25) is 0 Å². The molecule has 0 fully saturated rings. The molecule has 0 atom stereocenters. The molecule has 142 valence electrons. The van der Waals surface area contributed by atoms with Crippen LogP contribution < -0.4 is 24.8 Å². The summed E-state index contributed by atoms with van der Waals surface area (Å²) in [5.41, 5.74) is 3.86. The zero-order chi connectivity index (χ0) is 19.4. The van der Waals surface area contributed by atoms with Crippen LogP contribution in [0.2, 0.25) is 0 Å². The van der Waals surface area contributed by atoms with Gasteiger partial charge in [-0.3, -0.25) is 4.79 Å². The standard InChI is InChI=1S/C21H24N2O4/c1-5-16(22-13-7-9-14(10-8-13)27-6-2)20-15-11-18(25-3)19(26-4)12-17(15)23-21(20)24/h7-12,22H,5-6H2,1-4H3,(H,23,24). The van der Waals surface area contributed by atoms with Gasteiger partial charge in [-0.15, -0.1) is 0 Å². The zero-order valence-electron chi connectivity index (χ0n) is 16.0. The lowest BCUT2D eigenvalue weighted by atomic mass is 10.0. The molecule has 0 unspecified atom stereocenters. The van der Waals surface area contributed by atoms with Crippen molar-refractivity contribution in [2.45, 2.75) is 20.3 Å². The number of hydrogen-bond donors (Lipinski definition) is 2. The molecule has 2 aromatic rings. The van der Waals surface area contributed by atoms with Gasteiger partial charge in [0.15, 0.2) is 11.5 Å². The fraction of sp³-hybridized carbons (Fsp3) is 0.286. The normalized spacial score (nSPS) is 14.3. The van der Waals surface area contributed by atoms with Gasteiger partial charge in [-0.1, -0.05) is 6.92 Å². The number of carbonyl (C=O) groups is 1. The summed E-state index contributed by atoms with van der Waals surface area (Å²) in [4.78, 5) is 12.6. The minimum absolute atomic E-state index is 0.143. The van der Waals surface area contributed by atoms with E-state index in [0.29, 0.717) is 35.8 Å². The lowest BCUT2D eigenvalue weighted by Crippen LogP contribution is -2.10. The molecule has 1 aliphatic heterocycles. The number of anilines is 2. The first-order chi connectivity index (χ1) is 13.1. The van der Waals surface area contributed by atoms with Crippen LogP contribution in [0.5, 0.6) is 17.2 Å². The van der Waals surface area contributed by atoms with Gasteiger partial charge in [-0.2, -0.15) is 0 Å². The predicted octanol–water partition coefficient (Wildman–Crippen LogP) is 4.29. The number of carbonyl (C=O) groups excluding carboxylic acids is 1. The third-order valence-electron chi connectivity index (χ3n) is 4.38. The molecule has 0 aromatic heterocycles. The Morgan fingerprint density at radius 2 is 1.70 bits per heavy atom. The Balaban J connectivity index is 1.99. The highest BCUT2D eigenvalue weighted by Gasteiger charge is 2.29. The van der Waals surface area contributed by atoms with Gasteiger partial charge in [0.25, 0.3) is 5.91 Å². The highest BCUT2D eigenvalue weighted by atomic mass is 16.5. The summed E-state index contributed by atoms with van der Waals surface area (Å²) in [6.45, 7) is 4.58. The molecule has 1 heterocycles. The van der Waals surface area contributed by atoms with Crippen molar-refractivity contribution >= 4 is 22.9 Å². The van der Waals surface area contributed by atoms with E-state index < -0.39 is 0 Å². The molecule has 2 N–H and O–H groups in total. The van der Waals surface area contributed by atoms with Crippen LogP contribution in [0.1, 0.15) is 25.8 Å². The molecule has 0 saturated carbocycles. The summed E-state index contributed by atoms with van der Waals surface area (Å²) in [5, 5.41) is 6.28. The average Bonchev–Trinajstić information content (AvgIpc) is 3.01.